The normalized spacial score (nSPS) is 35.1. The fraction of sp³-hybridized carbons (Fsp3) is 1.00. The quantitative estimate of drug-likeness (QED) is 0.826. The molecule has 0 aliphatic carbocycles. The molecule has 2 rings (SSSR count). The van der Waals surface area contributed by atoms with Crippen molar-refractivity contribution in [1.29, 1.82) is 0 Å². The van der Waals surface area contributed by atoms with Crippen molar-refractivity contribution < 1.29 is 4.74 Å². The summed E-state index contributed by atoms with van der Waals surface area (Å²) in [4.78, 5) is 5.14. The molecule has 0 radical (unpaired) electrons. The molecule has 0 aromatic carbocycles. The van der Waals surface area contributed by atoms with Gasteiger partial charge in [-0.05, 0) is 19.4 Å². The maximum atomic E-state index is 5.98. The Kier molecular flexibility index (Phi) is 6.27. The molecule has 1 N–H and O–H groups in total. The summed E-state index contributed by atoms with van der Waals surface area (Å²) < 4.78 is 5.98. The first-order valence-corrected chi connectivity index (χ1v) is 8.45. The van der Waals surface area contributed by atoms with E-state index in [1.165, 1.54) is 13.0 Å². The van der Waals surface area contributed by atoms with Crippen LogP contribution in [0.4, 0.5) is 0 Å². The van der Waals surface area contributed by atoms with Crippen molar-refractivity contribution in [2.75, 3.05) is 45.9 Å². The second-order valence-electron chi connectivity index (χ2n) is 6.59. The Balaban J connectivity index is 1.86. The summed E-state index contributed by atoms with van der Waals surface area (Å²) in [7, 11) is 0. The molecule has 2 fully saturated rings. The van der Waals surface area contributed by atoms with E-state index in [0.717, 1.165) is 45.2 Å². The molecule has 4 heteroatoms. The highest BCUT2D eigenvalue weighted by atomic mass is 16.5. The number of morpholine rings is 1. The number of nitrogens with zero attached hydrogens (tertiary/aromatic N) is 2. The van der Waals surface area contributed by atoms with Gasteiger partial charge in [0.15, 0.2) is 0 Å². The van der Waals surface area contributed by atoms with Crippen LogP contribution in [0.1, 0.15) is 34.1 Å². The predicted molar refractivity (Wildman–Crippen MR) is 84.1 cm³/mol. The van der Waals surface area contributed by atoms with E-state index >= 15 is 0 Å². The van der Waals surface area contributed by atoms with Crippen LogP contribution in [0.2, 0.25) is 0 Å². The van der Waals surface area contributed by atoms with E-state index in [2.05, 4.69) is 42.8 Å². The fourth-order valence-electron chi connectivity index (χ4n) is 3.31. The van der Waals surface area contributed by atoms with E-state index in [1.54, 1.807) is 0 Å². The van der Waals surface area contributed by atoms with Crippen molar-refractivity contribution >= 4 is 0 Å². The van der Waals surface area contributed by atoms with Gasteiger partial charge in [-0.3, -0.25) is 9.80 Å². The minimum atomic E-state index is 0.391. The lowest BCUT2D eigenvalue weighted by Gasteiger charge is -2.43. The lowest BCUT2D eigenvalue weighted by Crippen LogP contribution is -2.60. The Morgan fingerprint density at radius 2 is 2.10 bits per heavy atom. The smallest absolute Gasteiger partial charge is 0.0829 e. The highest BCUT2D eigenvalue weighted by Crippen LogP contribution is 2.17. The standard InChI is InChI=1S/C16H33N3O/c1-5-13(3)16-12-19(14(4)9-17-16)11-15-10-18(6-2)7-8-20-15/h13-17H,5-12H2,1-4H3. The molecule has 0 saturated carbocycles. The summed E-state index contributed by atoms with van der Waals surface area (Å²) in [5.41, 5.74) is 0. The molecule has 0 spiro atoms. The largest absolute Gasteiger partial charge is 0.374 e. The highest BCUT2D eigenvalue weighted by molar-refractivity contribution is 4.88. The summed E-state index contributed by atoms with van der Waals surface area (Å²) in [5.74, 6) is 0.754. The zero-order valence-corrected chi connectivity index (χ0v) is 13.8. The third-order valence-electron chi connectivity index (χ3n) is 5.17. The van der Waals surface area contributed by atoms with Gasteiger partial charge in [0.1, 0.15) is 0 Å². The van der Waals surface area contributed by atoms with Gasteiger partial charge in [-0.25, -0.2) is 0 Å². The summed E-state index contributed by atoms with van der Waals surface area (Å²) in [5, 5.41) is 3.71. The molecule has 2 saturated heterocycles. The molecule has 4 nitrogen and oxygen atoms in total. The SMILES string of the molecule is CCC(C)C1CN(CC2CN(CC)CCO2)C(C)CN1. The van der Waals surface area contributed by atoms with Crippen molar-refractivity contribution in [1.82, 2.24) is 15.1 Å². The predicted octanol–water partition coefficient (Wildman–Crippen LogP) is 1.42. The molecular formula is C16H33N3O. The van der Waals surface area contributed by atoms with Crippen LogP contribution in [-0.2, 0) is 4.74 Å². The van der Waals surface area contributed by atoms with E-state index < -0.39 is 0 Å². The van der Waals surface area contributed by atoms with Gasteiger partial charge in [0, 0.05) is 44.8 Å². The first-order chi connectivity index (χ1) is 9.63. The van der Waals surface area contributed by atoms with Gasteiger partial charge in [0.25, 0.3) is 0 Å². The van der Waals surface area contributed by atoms with Gasteiger partial charge < -0.3 is 10.1 Å². The average Bonchev–Trinajstić information content (AvgIpc) is 2.49. The molecule has 0 amide bonds. The number of likely N-dealkylation sites (N-methyl/N-ethyl adjacent to an activating group) is 1. The number of rotatable bonds is 5. The zero-order valence-electron chi connectivity index (χ0n) is 13.8. The summed E-state index contributed by atoms with van der Waals surface area (Å²) >= 11 is 0. The van der Waals surface area contributed by atoms with Gasteiger partial charge in [-0.1, -0.05) is 27.2 Å². The van der Waals surface area contributed by atoms with Crippen LogP contribution in [0.25, 0.3) is 0 Å². The van der Waals surface area contributed by atoms with E-state index in [0.29, 0.717) is 18.2 Å². The van der Waals surface area contributed by atoms with Crippen LogP contribution in [-0.4, -0.2) is 73.9 Å². The van der Waals surface area contributed by atoms with E-state index in [4.69, 9.17) is 4.74 Å². The fourth-order valence-corrected chi connectivity index (χ4v) is 3.31. The van der Waals surface area contributed by atoms with Gasteiger partial charge in [0.2, 0.25) is 0 Å². The Hall–Kier alpha value is -0.160. The average molecular weight is 283 g/mol. The van der Waals surface area contributed by atoms with Gasteiger partial charge in [-0.15, -0.1) is 0 Å². The summed E-state index contributed by atoms with van der Waals surface area (Å²) in [6.45, 7) is 16.8. The van der Waals surface area contributed by atoms with Crippen molar-refractivity contribution in [3.8, 4) is 0 Å². The van der Waals surface area contributed by atoms with Crippen LogP contribution in [0, 0.1) is 5.92 Å². The van der Waals surface area contributed by atoms with Crippen LogP contribution >= 0.6 is 0 Å². The van der Waals surface area contributed by atoms with E-state index in [1.807, 2.05) is 0 Å². The molecular weight excluding hydrogens is 250 g/mol. The summed E-state index contributed by atoms with van der Waals surface area (Å²) in [6, 6.07) is 1.26. The third kappa shape index (κ3) is 4.17. The molecule has 4 unspecified atom stereocenters. The molecule has 2 aliphatic rings. The van der Waals surface area contributed by atoms with Gasteiger partial charge in [-0.2, -0.15) is 0 Å². The second-order valence-corrected chi connectivity index (χ2v) is 6.59. The minimum Gasteiger partial charge on any atom is -0.374 e. The van der Waals surface area contributed by atoms with E-state index in [-0.39, 0.29) is 0 Å². The maximum Gasteiger partial charge on any atom is 0.0829 e. The number of ether oxygens (including phenoxy) is 1. The van der Waals surface area contributed by atoms with Crippen LogP contribution in [0.3, 0.4) is 0 Å². The van der Waals surface area contributed by atoms with Crippen LogP contribution in [0.5, 0.6) is 0 Å². The summed E-state index contributed by atoms with van der Waals surface area (Å²) in [6.07, 6.45) is 1.64. The molecule has 2 aliphatic heterocycles. The molecule has 118 valence electrons. The first kappa shape index (κ1) is 16.2. The zero-order chi connectivity index (χ0) is 14.5. The maximum absolute atomic E-state index is 5.98. The van der Waals surface area contributed by atoms with Crippen LogP contribution in [0.15, 0.2) is 0 Å². The number of hydrogen-bond donors (Lipinski definition) is 1. The van der Waals surface area contributed by atoms with Crippen LogP contribution < -0.4 is 5.32 Å². The molecule has 0 bridgehead atoms. The van der Waals surface area contributed by atoms with Gasteiger partial charge in [0.05, 0.1) is 12.7 Å². The molecule has 2 heterocycles. The van der Waals surface area contributed by atoms with Crippen molar-refractivity contribution in [3.63, 3.8) is 0 Å². The third-order valence-corrected chi connectivity index (χ3v) is 5.17. The number of piperazine rings is 1. The van der Waals surface area contributed by atoms with E-state index in [9.17, 15) is 0 Å². The Labute approximate surface area is 124 Å². The second kappa shape index (κ2) is 7.74. The minimum absolute atomic E-state index is 0.391. The van der Waals surface area contributed by atoms with Crippen molar-refractivity contribution in [2.24, 2.45) is 5.92 Å². The monoisotopic (exact) mass is 283 g/mol. The highest BCUT2D eigenvalue weighted by Gasteiger charge is 2.30. The molecule has 0 aromatic heterocycles. The van der Waals surface area contributed by atoms with Gasteiger partial charge >= 0.3 is 0 Å². The lowest BCUT2D eigenvalue weighted by molar-refractivity contribution is -0.0519. The first-order valence-electron chi connectivity index (χ1n) is 8.45. The van der Waals surface area contributed by atoms with Crippen molar-refractivity contribution in [2.45, 2.75) is 52.3 Å². The lowest BCUT2D eigenvalue weighted by atomic mass is 9.95. The van der Waals surface area contributed by atoms with Crippen molar-refractivity contribution in [3.05, 3.63) is 0 Å². The number of nitrogens with one attached hydrogen (secondary N) is 1. The Bertz CT molecular complexity index is 287. The molecule has 4 atom stereocenters. The number of hydrogen-bond acceptors (Lipinski definition) is 4. The molecule has 20 heavy (non-hydrogen) atoms. The topological polar surface area (TPSA) is 27.7 Å². The molecule has 0 aromatic rings. The Morgan fingerprint density at radius 3 is 2.80 bits per heavy atom. The Morgan fingerprint density at radius 1 is 1.30 bits per heavy atom.